The van der Waals surface area contributed by atoms with Gasteiger partial charge in [0.25, 0.3) is 5.69 Å². The minimum atomic E-state index is -0.367. The number of nitro groups is 1. The van der Waals surface area contributed by atoms with E-state index in [1.54, 1.807) is 12.1 Å². The Morgan fingerprint density at radius 3 is 1.53 bits per heavy atom. The molecule has 5 aromatic carbocycles. The monoisotopic (exact) mass is 597 g/mol. The maximum Gasteiger partial charge on any atom is 0.269 e. The van der Waals surface area contributed by atoms with E-state index < -0.39 is 0 Å². The van der Waals surface area contributed by atoms with Gasteiger partial charge in [0, 0.05) is 21.1 Å². The minimum absolute atomic E-state index is 0.0694. The largest absolute Gasteiger partial charge is 0.269 e. The Morgan fingerprint density at radius 1 is 0.583 bits per heavy atom. The van der Waals surface area contributed by atoms with Gasteiger partial charge in [-0.3, -0.25) is 10.1 Å². The Balaban J connectivity index is 1.89. The van der Waals surface area contributed by atoms with Crippen LogP contribution in [0.1, 0.15) is 5.56 Å². The average Bonchev–Trinajstić information content (AvgIpc) is 2.89. The van der Waals surface area contributed by atoms with E-state index in [0.717, 1.165) is 53.5 Å². The highest BCUT2D eigenvalue weighted by Gasteiger charge is 2.20. The first-order chi connectivity index (χ1) is 17.4. The molecule has 176 valence electrons. The van der Waals surface area contributed by atoms with Crippen molar-refractivity contribution in [2.24, 2.45) is 0 Å². The second-order valence-corrected chi connectivity index (χ2v) is 10.3. The van der Waals surface area contributed by atoms with Gasteiger partial charge in [-0.05, 0) is 87.8 Å². The van der Waals surface area contributed by atoms with Gasteiger partial charge in [0.2, 0.25) is 0 Å². The smallest absolute Gasteiger partial charge is 0.258 e. The van der Waals surface area contributed by atoms with Gasteiger partial charge in [-0.2, -0.15) is 0 Å². The zero-order valence-corrected chi connectivity index (χ0v) is 22.6. The van der Waals surface area contributed by atoms with Crippen LogP contribution in [-0.2, 0) is 0 Å². The van der Waals surface area contributed by atoms with Gasteiger partial charge in [-0.25, -0.2) is 0 Å². The highest BCUT2D eigenvalue weighted by atomic mass is 79.9. The number of aryl methyl sites for hydroxylation is 1. The van der Waals surface area contributed by atoms with Gasteiger partial charge in [-0.15, -0.1) is 0 Å². The van der Waals surface area contributed by atoms with Crippen molar-refractivity contribution in [3.05, 3.63) is 134 Å². The molecule has 0 N–H and O–H groups in total. The Labute approximate surface area is 226 Å². The predicted octanol–water partition coefficient (Wildman–Crippen LogP) is 10.1. The van der Waals surface area contributed by atoms with Crippen molar-refractivity contribution in [3.8, 4) is 44.5 Å². The molecule has 0 saturated heterocycles. The number of halogens is 2. The van der Waals surface area contributed by atoms with Gasteiger partial charge in [-0.1, -0.05) is 98.1 Å². The highest BCUT2D eigenvalue weighted by Crippen LogP contribution is 2.46. The van der Waals surface area contributed by atoms with E-state index in [1.165, 1.54) is 5.56 Å². The minimum Gasteiger partial charge on any atom is -0.258 e. The molecule has 0 saturated carbocycles. The van der Waals surface area contributed by atoms with Gasteiger partial charge in [0.05, 0.1) is 4.92 Å². The van der Waals surface area contributed by atoms with Crippen molar-refractivity contribution in [1.29, 1.82) is 0 Å². The molecule has 0 heterocycles. The number of nitrogens with zero attached hydrogens (tertiary/aromatic N) is 1. The van der Waals surface area contributed by atoms with E-state index in [1.807, 2.05) is 48.5 Å². The van der Waals surface area contributed by atoms with Gasteiger partial charge >= 0.3 is 0 Å². The average molecular weight is 599 g/mol. The molecule has 0 aliphatic carbocycles. The lowest BCUT2D eigenvalue weighted by Gasteiger charge is -2.20. The van der Waals surface area contributed by atoms with Crippen LogP contribution in [0.5, 0.6) is 0 Å². The molecule has 0 spiro atoms. The SMILES string of the molecule is Cc1ccc(-c2cc(-c3ccccc3Br)c(-c3ccc([N+](=O)[O-])cc3)c(-c3ccccc3Br)c2)cc1. The molecule has 5 rings (SSSR count). The number of benzene rings is 5. The van der Waals surface area contributed by atoms with E-state index in [4.69, 9.17) is 0 Å². The van der Waals surface area contributed by atoms with Crippen molar-refractivity contribution in [3.63, 3.8) is 0 Å². The normalized spacial score (nSPS) is 10.9. The second-order valence-electron chi connectivity index (χ2n) is 8.58. The molecule has 3 nitrogen and oxygen atoms in total. The van der Waals surface area contributed by atoms with Crippen molar-refractivity contribution in [2.75, 3.05) is 0 Å². The van der Waals surface area contributed by atoms with Crippen LogP contribution < -0.4 is 0 Å². The van der Waals surface area contributed by atoms with E-state index in [2.05, 4.69) is 87.3 Å². The molecule has 0 atom stereocenters. The van der Waals surface area contributed by atoms with Crippen LogP contribution in [0.3, 0.4) is 0 Å². The summed E-state index contributed by atoms with van der Waals surface area (Å²) in [6.45, 7) is 2.08. The number of rotatable bonds is 5. The standard InChI is InChI=1S/C31H21Br2NO2/c1-20-10-12-21(13-11-20)23-18-27(25-6-2-4-8-29(25)32)31(22-14-16-24(17-15-22)34(35)36)28(19-23)26-7-3-5-9-30(26)33/h2-19H,1H3. The lowest BCUT2D eigenvalue weighted by atomic mass is 9.84. The molecule has 0 unspecified atom stereocenters. The first-order valence-corrected chi connectivity index (χ1v) is 13.0. The van der Waals surface area contributed by atoms with Crippen molar-refractivity contribution in [2.45, 2.75) is 6.92 Å². The molecular formula is C31H21Br2NO2. The van der Waals surface area contributed by atoms with E-state index >= 15 is 0 Å². The number of hydrogen-bond donors (Lipinski definition) is 0. The summed E-state index contributed by atoms with van der Waals surface area (Å²) in [5.41, 5.74) is 9.60. The summed E-state index contributed by atoms with van der Waals surface area (Å²) in [5.74, 6) is 0. The maximum absolute atomic E-state index is 11.3. The van der Waals surface area contributed by atoms with E-state index in [-0.39, 0.29) is 10.6 Å². The zero-order valence-electron chi connectivity index (χ0n) is 19.4. The van der Waals surface area contributed by atoms with Gasteiger partial charge in [0.1, 0.15) is 0 Å². The number of nitro benzene ring substituents is 1. The van der Waals surface area contributed by atoms with Crippen LogP contribution in [0.15, 0.2) is 118 Å². The molecule has 0 bridgehead atoms. The summed E-state index contributed by atoms with van der Waals surface area (Å²) in [6, 6.07) is 36.0. The molecule has 0 radical (unpaired) electrons. The van der Waals surface area contributed by atoms with Crippen molar-refractivity contribution >= 4 is 37.5 Å². The van der Waals surface area contributed by atoms with Crippen LogP contribution in [0, 0.1) is 17.0 Å². The Hall–Kier alpha value is -3.54. The fourth-order valence-corrected chi connectivity index (χ4v) is 5.40. The molecule has 0 aliphatic rings. The third-order valence-corrected chi connectivity index (χ3v) is 7.60. The molecular weight excluding hydrogens is 578 g/mol. The summed E-state index contributed by atoms with van der Waals surface area (Å²) in [7, 11) is 0. The van der Waals surface area contributed by atoms with E-state index in [9.17, 15) is 10.1 Å². The summed E-state index contributed by atoms with van der Waals surface area (Å²) in [4.78, 5) is 11.0. The summed E-state index contributed by atoms with van der Waals surface area (Å²) in [5, 5.41) is 11.3. The van der Waals surface area contributed by atoms with Crippen LogP contribution in [0.4, 0.5) is 5.69 Å². The van der Waals surface area contributed by atoms with Crippen molar-refractivity contribution < 1.29 is 4.92 Å². The fourth-order valence-electron chi connectivity index (χ4n) is 4.40. The first kappa shape index (κ1) is 24.2. The van der Waals surface area contributed by atoms with E-state index in [0.29, 0.717) is 0 Å². The predicted molar refractivity (Wildman–Crippen MR) is 155 cm³/mol. The Kier molecular flexibility index (Phi) is 6.86. The van der Waals surface area contributed by atoms with Crippen LogP contribution in [0.2, 0.25) is 0 Å². The lowest BCUT2D eigenvalue weighted by Crippen LogP contribution is -1.95. The summed E-state index contributed by atoms with van der Waals surface area (Å²) < 4.78 is 1.96. The van der Waals surface area contributed by atoms with Crippen LogP contribution >= 0.6 is 31.9 Å². The summed E-state index contributed by atoms with van der Waals surface area (Å²) >= 11 is 7.51. The molecule has 0 fully saturated rings. The summed E-state index contributed by atoms with van der Waals surface area (Å²) in [6.07, 6.45) is 0. The first-order valence-electron chi connectivity index (χ1n) is 11.4. The lowest BCUT2D eigenvalue weighted by molar-refractivity contribution is -0.384. The van der Waals surface area contributed by atoms with Crippen LogP contribution in [-0.4, -0.2) is 4.92 Å². The second kappa shape index (κ2) is 10.2. The zero-order chi connectivity index (χ0) is 25.2. The molecule has 0 aliphatic heterocycles. The Morgan fingerprint density at radius 2 is 1.06 bits per heavy atom. The molecule has 5 heteroatoms. The van der Waals surface area contributed by atoms with Crippen molar-refractivity contribution in [1.82, 2.24) is 0 Å². The van der Waals surface area contributed by atoms with Crippen LogP contribution in [0.25, 0.3) is 44.5 Å². The third-order valence-electron chi connectivity index (χ3n) is 6.22. The number of non-ortho nitro benzene ring substituents is 1. The molecule has 5 aromatic rings. The quantitative estimate of drug-likeness (QED) is 0.149. The molecule has 36 heavy (non-hydrogen) atoms. The molecule has 0 aromatic heterocycles. The maximum atomic E-state index is 11.3. The number of hydrogen-bond acceptors (Lipinski definition) is 2. The Bertz CT molecular complexity index is 1510. The molecule has 0 amide bonds. The highest BCUT2D eigenvalue weighted by molar-refractivity contribution is 9.11. The third kappa shape index (κ3) is 4.77. The van der Waals surface area contributed by atoms with Gasteiger partial charge < -0.3 is 0 Å². The van der Waals surface area contributed by atoms with Gasteiger partial charge in [0.15, 0.2) is 0 Å². The fraction of sp³-hybridized carbons (Fsp3) is 0.0323. The topological polar surface area (TPSA) is 43.1 Å².